The molecule has 0 spiro atoms. The predicted octanol–water partition coefficient (Wildman–Crippen LogP) is 2.93. The predicted molar refractivity (Wildman–Crippen MR) is 72.2 cm³/mol. The van der Waals surface area contributed by atoms with Crippen LogP contribution >= 0.6 is 11.3 Å². The topological polar surface area (TPSA) is 33.2 Å². The van der Waals surface area contributed by atoms with E-state index in [1.165, 1.54) is 4.88 Å². The van der Waals surface area contributed by atoms with Crippen LogP contribution in [0.1, 0.15) is 18.4 Å². The van der Waals surface area contributed by atoms with Crippen molar-refractivity contribution in [2.24, 2.45) is 0 Å². The summed E-state index contributed by atoms with van der Waals surface area (Å²) in [4.78, 5) is 19.1. The zero-order chi connectivity index (χ0) is 12.4. The molecular formula is C14H14N2OS. The Balaban J connectivity index is 1.73. The Morgan fingerprint density at radius 1 is 1.33 bits per heavy atom. The molecular weight excluding hydrogens is 244 g/mol. The summed E-state index contributed by atoms with van der Waals surface area (Å²) in [5.41, 5.74) is 2.10. The van der Waals surface area contributed by atoms with Crippen LogP contribution in [0.4, 0.5) is 0 Å². The van der Waals surface area contributed by atoms with Gasteiger partial charge in [0.15, 0.2) is 0 Å². The maximum atomic E-state index is 11.5. The van der Waals surface area contributed by atoms with Crippen molar-refractivity contribution in [3.63, 3.8) is 0 Å². The highest BCUT2D eigenvalue weighted by Crippen LogP contribution is 2.23. The van der Waals surface area contributed by atoms with Crippen molar-refractivity contribution in [3.05, 3.63) is 41.4 Å². The molecule has 0 aromatic carbocycles. The number of rotatable bonds is 3. The van der Waals surface area contributed by atoms with Crippen molar-refractivity contribution < 1.29 is 4.79 Å². The molecule has 18 heavy (non-hydrogen) atoms. The molecule has 3 heterocycles. The van der Waals surface area contributed by atoms with Gasteiger partial charge in [0, 0.05) is 25.7 Å². The molecule has 0 unspecified atom stereocenters. The number of amides is 1. The van der Waals surface area contributed by atoms with Gasteiger partial charge in [-0.05, 0) is 29.5 Å². The van der Waals surface area contributed by atoms with E-state index in [9.17, 15) is 4.79 Å². The van der Waals surface area contributed by atoms with Crippen LogP contribution < -0.4 is 0 Å². The molecule has 1 fully saturated rings. The standard InChI is InChI=1S/C14H14N2OS/c17-14-4-1-7-16(14)10-11-5-6-12(15-9-11)13-3-2-8-18-13/h2-3,5-6,8-9H,1,4,7,10H2. The van der Waals surface area contributed by atoms with E-state index in [1.54, 1.807) is 11.3 Å². The molecule has 0 bridgehead atoms. The third-order valence-electron chi connectivity index (χ3n) is 3.14. The molecule has 1 saturated heterocycles. The van der Waals surface area contributed by atoms with Gasteiger partial charge in [0.05, 0.1) is 10.6 Å². The summed E-state index contributed by atoms with van der Waals surface area (Å²) in [7, 11) is 0. The normalized spacial score (nSPS) is 15.3. The zero-order valence-electron chi connectivity index (χ0n) is 10.0. The first-order valence-corrected chi connectivity index (χ1v) is 6.97. The van der Waals surface area contributed by atoms with E-state index >= 15 is 0 Å². The van der Waals surface area contributed by atoms with Gasteiger partial charge >= 0.3 is 0 Å². The highest BCUT2D eigenvalue weighted by molar-refractivity contribution is 7.13. The van der Waals surface area contributed by atoms with Gasteiger partial charge in [-0.3, -0.25) is 9.78 Å². The smallest absolute Gasteiger partial charge is 0.222 e. The second kappa shape index (κ2) is 4.90. The van der Waals surface area contributed by atoms with Gasteiger partial charge in [0.1, 0.15) is 0 Å². The SMILES string of the molecule is O=C1CCCN1Cc1ccc(-c2cccs2)nc1. The number of likely N-dealkylation sites (tertiary alicyclic amines) is 1. The molecule has 4 heteroatoms. The third-order valence-corrected chi connectivity index (χ3v) is 4.04. The number of thiophene rings is 1. The minimum absolute atomic E-state index is 0.261. The Hall–Kier alpha value is -1.68. The monoisotopic (exact) mass is 258 g/mol. The van der Waals surface area contributed by atoms with Crippen LogP contribution in [-0.2, 0) is 11.3 Å². The first kappa shape index (κ1) is 11.4. The van der Waals surface area contributed by atoms with E-state index in [4.69, 9.17) is 0 Å². The summed E-state index contributed by atoms with van der Waals surface area (Å²) in [6.07, 6.45) is 3.56. The van der Waals surface area contributed by atoms with Gasteiger partial charge < -0.3 is 4.90 Å². The first-order chi connectivity index (χ1) is 8.83. The van der Waals surface area contributed by atoms with E-state index in [0.717, 1.165) is 24.2 Å². The first-order valence-electron chi connectivity index (χ1n) is 6.09. The van der Waals surface area contributed by atoms with Crippen LogP contribution in [0.2, 0.25) is 0 Å². The molecule has 0 atom stereocenters. The number of pyridine rings is 1. The average molecular weight is 258 g/mol. The summed E-state index contributed by atoms with van der Waals surface area (Å²) in [5, 5.41) is 2.05. The van der Waals surface area contributed by atoms with Crippen LogP contribution in [0.25, 0.3) is 10.6 Å². The minimum atomic E-state index is 0.261. The Morgan fingerprint density at radius 3 is 2.89 bits per heavy atom. The number of hydrogen-bond acceptors (Lipinski definition) is 3. The fraction of sp³-hybridized carbons (Fsp3) is 0.286. The molecule has 1 aliphatic rings. The fourth-order valence-electron chi connectivity index (χ4n) is 2.18. The number of nitrogens with zero attached hydrogens (tertiary/aromatic N) is 2. The maximum Gasteiger partial charge on any atom is 0.222 e. The summed E-state index contributed by atoms with van der Waals surface area (Å²) in [5.74, 6) is 0.261. The molecule has 3 rings (SSSR count). The number of carbonyl (C=O) groups is 1. The lowest BCUT2D eigenvalue weighted by Crippen LogP contribution is -2.23. The lowest BCUT2D eigenvalue weighted by molar-refractivity contribution is -0.128. The molecule has 0 aliphatic carbocycles. The molecule has 92 valence electrons. The summed E-state index contributed by atoms with van der Waals surface area (Å²) >= 11 is 1.69. The van der Waals surface area contributed by atoms with Crippen LogP contribution in [0.15, 0.2) is 35.8 Å². The molecule has 3 nitrogen and oxygen atoms in total. The van der Waals surface area contributed by atoms with Crippen molar-refractivity contribution in [1.82, 2.24) is 9.88 Å². The van der Waals surface area contributed by atoms with Crippen LogP contribution in [0, 0.1) is 0 Å². The van der Waals surface area contributed by atoms with E-state index in [1.807, 2.05) is 28.6 Å². The fourth-order valence-corrected chi connectivity index (χ4v) is 2.88. The minimum Gasteiger partial charge on any atom is -0.338 e. The Labute approximate surface area is 110 Å². The van der Waals surface area contributed by atoms with Gasteiger partial charge in [-0.25, -0.2) is 0 Å². The van der Waals surface area contributed by atoms with Crippen molar-refractivity contribution in [1.29, 1.82) is 0 Å². The number of carbonyl (C=O) groups excluding carboxylic acids is 1. The summed E-state index contributed by atoms with van der Waals surface area (Å²) in [6, 6.07) is 8.19. The lowest BCUT2D eigenvalue weighted by atomic mass is 10.2. The van der Waals surface area contributed by atoms with Crippen molar-refractivity contribution in [2.75, 3.05) is 6.54 Å². The van der Waals surface area contributed by atoms with Gasteiger partial charge in [-0.2, -0.15) is 0 Å². The van der Waals surface area contributed by atoms with Gasteiger partial charge in [-0.15, -0.1) is 11.3 Å². The van der Waals surface area contributed by atoms with E-state index in [-0.39, 0.29) is 5.91 Å². The van der Waals surface area contributed by atoms with Crippen molar-refractivity contribution in [3.8, 4) is 10.6 Å². The Morgan fingerprint density at radius 2 is 2.28 bits per heavy atom. The lowest BCUT2D eigenvalue weighted by Gasteiger charge is -2.15. The number of hydrogen-bond donors (Lipinski definition) is 0. The molecule has 0 N–H and O–H groups in total. The average Bonchev–Trinajstić information content (AvgIpc) is 3.03. The molecule has 0 saturated carbocycles. The number of aromatic nitrogens is 1. The van der Waals surface area contributed by atoms with E-state index in [0.29, 0.717) is 13.0 Å². The summed E-state index contributed by atoms with van der Waals surface area (Å²) < 4.78 is 0. The molecule has 0 radical (unpaired) electrons. The second-order valence-corrected chi connectivity index (χ2v) is 5.40. The van der Waals surface area contributed by atoms with E-state index < -0.39 is 0 Å². The van der Waals surface area contributed by atoms with Crippen molar-refractivity contribution >= 4 is 17.2 Å². The van der Waals surface area contributed by atoms with Crippen LogP contribution in [0.5, 0.6) is 0 Å². The van der Waals surface area contributed by atoms with Crippen LogP contribution in [-0.4, -0.2) is 22.3 Å². The summed E-state index contributed by atoms with van der Waals surface area (Å²) in [6.45, 7) is 1.57. The molecule has 2 aromatic rings. The quantitative estimate of drug-likeness (QED) is 0.848. The van der Waals surface area contributed by atoms with Gasteiger partial charge in [0.25, 0.3) is 0 Å². The van der Waals surface area contributed by atoms with E-state index in [2.05, 4.69) is 17.1 Å². The van der Waals surface area contributed by atoms with Gasteiger partial charge in [-0.1, -0.05) is 12.1 Å². The second-order valence-electron chi connectivity index (χ2n) is 4.45. The highest BCUT2D eigenvalue weighted by atomic mass is 32.1. The van der Waals surface area contributed by atoms with Crippen LogP contribution in [0.3, 0.4) is 0 Å². The Kier molecular flexibility index (Phi) is 3.11. The molecule has 2 aromatic heterocycles. The largest absolute Gasteiger partial charge is 0.338 e. The Bertz CT molecular complexity index is 533. The van der Waals surface area contributed by atoms with Crippen molar-refractivity contribution in [2.45, 2.75) is 19.4 Å². The van der Waals surface area contributed by atoms with Gasteiger partial charge in [0.2, 0.25) is 5.91 Å². The zero-order valence-corrected chi connectivity index (χ0v) is 10.8. The molecule has 1 aliphatic heterocycles. The maximum absolute atomic E-state index is 11.5. The highest BCUT2D eigenvalue weighted by Gasteiger charge is 2.19. The molecule has 1 amide bonds. The third kappa shape index (κ3) is 2.29.